The Morgan fingerprint density at radius 3 is 2.00 bits per heavy atom. The van der Waals surface area contributed by atoms with Gasteiger partial charge in [-0.3, -0.25) is 14.5 Å². The van der Waals surface area contributed by atoms with Crippen molar-refractivity contribution in [2.24, 2.45) is 11.3 Å². The van der Waals surface area contributed by atoms with Gasteiger partial charge >= 0.3 is 11.9 Å². The van der Waals surface area contributed by atoms with Gasteiger partial charge in [-0.15, -0.1) is 0 Å². The molecule has 0 spiro atoms. The molecule has 1 rings (SSSR count). The summed E-state index contributed by atoms with van der Waals surface area (Å²) < 4.78 is 5.24. The second kappa shape index (κ2) is 9.40. The predicted octanol–water partition coefficient (Wildman–Crippen LogP) is 4.88. The monoisotopic (exact) mass is 383 g/mol. The molecule has 0 amide bonds. The number of piperidine rings is 1. The van der Waals surface area contributed by atoms with Crippen molar-refractivity contribution in [1.82, 2.24) is 4.90 Å². The Bertz CT molecular complexity index is 496. The molecule has 158 valence electrons. The molecule has 1 atom stereocenters. The largest absolute Gasteiger partial charge is 0.481 e. The molecule has 0 aromatic rings. The van der Waals surface area contributed by atoms with E-state index in [1.54, 1.807) is 0 Å². The quantitative estimate of drug-likeness (QED) is 0.430. The van der Waals surface area contributed by atoms with Crippen molar-refractivity contribution in [1.29, 1.82) is 0 Å². The van der Waals surface area contributed by atoms with Crippen LogP contribution in [0.15, 0.2) is 0 Å². The van der Waals surface area contributed by atoms with Gasteiger partial charge < -0.3 is 9.84 Å². The van der Waals surface area contributed by atoms with Gasteiger partial charge in [0.25, 0.3) is 0 Å². The number of rotatable bonds is 10. The fraction of sp³-hybridized carbons (Fsp3) is 0.909. The molecule has 0 aromatic carbocycles. The molecule has 1 heterocycles. The minimum absolute atomic E-state index is 0.0402. The highest BCUT2D eigenvalue weighted by Gasteiger charge is 2.51. The van der Waals surface area contributed by atoms with Gasteiger partial charge in [0.1, 0.15) is 0 Å². The van der Waals surface area contributed by atoms with Gasteiger partial charge in [-0.25, -0.2) is 0 Å². The van der Waals surface area contributed by atoms with Gasteiger partial charge in [0.05, 0.1) is 12.5 Å². The van der Waals surface area contributed by atoms with Crippen molar-refractivity contribution < 1.29 is 19.4 Å². The second-order valence-corrected chi connectivity index (χ2v) is 9.86. The lowest BCUT2D eigenvalue weighted by atomic mass is 9.61. The highest BCUT2D eigenvalue weighted by atomic mass is 16.5. The first-order valence-corrected chi connectivity index (χ1v) is 10.4. The number of methoxy groups -OCH3 is 1. The summed E-state index contributed by atoms with van der Waals surface area (Å²) in [5.74, 6) is -0.520. The highest BCUT2D eigenvalue weighted by molar-refractivity contribution is 5.76. The molecular weight excluding hydrogens is 342 g/mol. The van der Waals surface area contributed by atoms with E-state index in [-0.39, 0.29) is 29.4 Å². The maximum Gasteiger partial charge on any atom is 0.311 e. The number of carboxylic acid groups (broad SMARTS) is 1. The Morgan fingerprint density at radius 2 is 1.52 bits per heavy atom. The van der Waals surface area contributed by atoms with Crippen molar-refractivity contribution in [3.63, 3.8) is 0 Å². The number of carboxylic acids is 1. The first-order chi connectivity index (χ1) is 12.4. The maximum atomic E-state index is 12.8. The normalized spacial score (nSPS) is 22.2. The van der Waals surface area contributed by atoms with E-state index < -0.39 is 11.4 Å². The lowest BCUT2D eigenvalue weighted by Crippen LogP contribution is -2.61. The Morgan fingerprint density at radius 1 is 1.04 bits per heavy atom. The maximum absolute atomic E-state index is 12.8. The van der Waals surface area contributed by atoms with Crippen LogP contribution in [0.2, 0.25) is 0 Å². The third kappa shape index (κ3) is 6.20. The van der Waals surface area contributed by atoms with Crippen LogP contribution in [0.25, 0.3) is 0 Å². The smallest absolute Gasteiger partial charge is 0.311 e. The van der Waals surface area contributed by atoms with E-state index in [2.05, 4.69) is 46.6 Å². The van der Waals surface area contributed by atoms with Gasteiger partial charge in [-0.1, -0.05) is 25.7 Å². The summed E-state index contributed by atoms with van der Waals surface area (Å²) in [6.45, 7) is 11.1. The second-order valence-electron chi connectivity index (χ2n) is 9.86. The van der Waals surface area contributed by atoms with Gasteiger partial charge in [-0.05, 0) is 73.3 Å². The number of carbonyl (C=O) groups excluding carboxylic acids is 1. The zero-order valence-electron chi connectivity index (χ0n) is 18.6. The van der Waals surface area contributed by atoms with Crippen LogP contribution in [0.3, 0.4) is 0 Å². The van der Waals surface area contributed by atoms with Crippen LogP contribution in [0.1, 0.15) is 92.4 Å². The molecule has 1 aliphatic heterocycles. The molecule has 0 aromatic heterocycles. The van der Waals surface area contributed by atoms with Crippen molar-refractivity contribution >= 4 is 11.9 Å². The Labute approximate surface area is 165 Å². The number of carbonyl (C=O) groups is 2. The molecule has 1 fully saturated rings. The summed E-state index contributed by atoms with van der Waals surface area (Å²) >= 11 is 0. The SMILES string of the molecule is COC(=O)C(C)(CCCCCCCC(=O)O)C1CC(C)(C)N(C)C(C)(C)C1. The summed E-state index contributed by atoms with van der Waals surface area (Å²) in [4.78, 5) is 25.8. The van der Waals surface area contributed by atoms with Crippen molar-refractivity contribution in [3.8, 4) is 0 Å². The van der Waals surface area contributed by atoms with E-state index in [1.807, 2.05) is 0 Å². The highest BCUT2D eigenvalue weighted by Crippen LogP contribution is 2.49. The van der Waals surface area contributed by atoms with Crippen LogP contribution in [0.4, 0.5) is 0 Å². The number of hydrogen-bond acceptors (Lipinski definition) is 4. The summed E-state index contributed by atoms with van der Waals surface area (Å²) in [6, 6.07) is 0. The first kappa shape index (κ1) is 23.9. The Hall–Kier alpha value is -1.10. The van der Waals surface area contributed by atoms with Gasteiger partial charge in [0.2, 0.25) is 0 Å². The third-order valence-corrected chi connectivity index (χ3v) is 6.95. The van der Waals surface area contributed by atoms with Gasteiger partial charge in [-0.2, -0.15) is 0 Å². The average molecular weight is 384 g/mol. The molecule has 0 bridgehead atoms. The van der Waals surface area contributed by atoms with E-state index in [4.69, 9.17) is 9.84 Å². The summed E-state index contributed by atoms with van der Waals surface area (Å²) in [5.41, 5.74) is -0.386. The molecule has 5 nitrogen and oxygen atoms in total. The standard InChI is InChI=1S/C22H41NO4/c1-20(2)15-17(16-21(3,4)23(20)6)22(5,19(26)27-7)14-12-10-8-9-11-13-18(24)25/h17H,8-16H2,1-7H3,(H,24,25). The van der Waals surface area contributed by atoms with Crippen LogP contribution >= 0.6 is 0 Å². The molecule has 27 heavy (non-hydrogen) atoms. The zero-order chi connectivity index (χ0) is 20.9. The van der Waals surface area contributed by atoms with Crippen molar-refractivity contribution in [2.45, 2.75) is 103 Å². The summed E-state index contributed by atoms with van der Waals surface area (Å²) in [7, 11) is 3.68. The van der Waals surface area contributed by atoms with Crippen LogP contribution in [-0.4, -0.2) is 47.2 Å². The van der Waals surface area contributed by atoms with Crippen LogP contribution in [0, 0.1) is 11.3 Å². The molecule has 1 aliphatic rings. The number of hydrogen-bond donors (Lipinski definition) is 1. The number of likely N-dealkylation sites (tertiary alicyclic amines) is 1. The Balaban J connectivity index is 2.73. The molecule has 0 radical (unpaired) electrons. The van der Waals surface area contributed by atoms with Gasteiger partial charge in [0, 0.05) is 17.5 Å². The fourth-order valence-electron chi connectivity index (χ4n) is 4.83. The molecule has 0 aliphatic carbocycles. The number of aliphatic carboxylic acids is 1. The van der Waals surface area contributed by atoms with Gasteiger partial charge in [0.15, 0.2) is 0 Å². The molecule has 5 heteroatoms. The summed E-state index contributed by atoms with van der Waals surface area (Å²) in [6.07, 6.45) is 7.76. The van der Waals surface area contributed by atoms with Crippen molar-refractivity contribution in [3.05, 3.63) is 0 Å². The number of ether oxygens (including phenoxy) is 1. The summed E-state index contributed by atoms with van der Waals surface area (Å²) in [5, 5.41) is 8.70. The van der Waals surface area contributed by atoms with E-state index in [9.17, 15) is 9.59 Å². The predicted molar refractivity (Wildman–Crippen MR) is 109 cm³/mol. The lowest BCUT2D eigenvalue weighted by Gasteiger charge is -2.56. The molecule has 1 N–H and O–H groups in total. The van der Waals surface area contributed by atoms with E-state index >= 15 is 0 Å². The van der Waals surface area contributed by atoms with Crippen LogP contribution in [-0.2, 0) is 14.3 Å². The Kier molecular flexibility index (Phi) is 8.33. The third-order valence-electron chi connectivity index (χ3n) is 6.95. The number of unbranched alkanes of at least 4 members (excludes halogenated alkanes) is 4. The first-order valence-electron chi connectivity index (χ1n) is 10.4. The minimum atomic E-state index is -0.722. The average Bonchev–Trinajstić information content (AvgIpc) is 2.56. The van der Waals surface area contributed by atoms with E-state index in [0.717, 1.165) is 51.4 Å². The molecule has 1 unspecified atom stereocenters. The van der Waals surface area contributed by atoms with Crippen LogP contribution in [0.5, 0.6) is 0 Å². The van der Waals surface area contributed by atoms with Crippen LogP contribution < -0.4 is 0 Å². The zero-order valence-corrected chi connectivity index (χ0v) is 18.6. The van der Waals surface area contributed by atoms with E-state index in [1.165, 1.54) is 7.11 Å². The molecular formula is C22H41NO4. The minimum Gasteiger partial charge on any atom is -0.481 e. The number of esters is 1. The molecule has 0 saturated carbocycles. The number of nitrogens with zero attached hydrogens (tertiary/aromatic N) is 1. The topological polar surface area (TPSA) is 66.8 Å². The van der Waals surface area contributed by atoms with Crippen molar-refractivity contribution in [2.75, 3.05) is 14.2 Å². The fourth-order valence-corrected chi connectivity index (χ4v) is 4.83. The van der Waals surface area contributed by atoms with E-state index in [0.29, 0.717) is 0 Å². The molecule has 1 saturated heterocycles. The lowest BCUT2D eigenvalue weighted by molar-refractivity contribution is -0.161.